The molecule has 5 N–H and O–H groups in total. The summed E-state index contributed by atoms with van der Waals surface area (Å²) in [4.78, 5) is 32.5. The van der Waals surface area contributed by atoms with E-state index in [9.17, 15) is 14.0 Å². The number of halogens is 1. The lowest BCUT2D eigenvalue weighted by atomic mass is 9.84. The summed E-state index contributed by atoms with van der Waals surface area (Å²) < 4.78 is 15.2. The standard InChI is InChI=1S/C15H16FN7O2/c1-7-5-8(20-12-9(16)11(17)18-6-19-12)14(25)23-10(7)13(24)21-15(22-23)3-2-4-15/h5-6,22H,2-4H2,1H3,(H,21,24)(H3,17,18,19,20). The molecule has 130 valence electrons. The van der Waals surface area contributed by atoms with Gasteiger partial charge in [-0.05, 0) is 37.8 Å². The van der Waals surface area contributed by atoms with Crippen LogP contribution in [0.25, 0.3) is 0 Å². The molecular formula is C15H16FN7O2. The predicted octanol–water partition coefficient (Wildman–Crippen LogP) is 0.579. The SMILES string of the molecule is Cc1cc(Nc2ncnc(N)c2F)c(=O)n2c1C(=O)NC1(CCC1)N2. The first-order valence-corrected chi connectivity index (χ1v) is 7.80. The maximum absolute atomic E-state index is 14.0. The molecule has 0 aromatic carbocycles. The fourth-order valence-electron chi connectivity index (χ4n) is 3.11. The molecule has 1 aliphatic carbocycles. The van der Waals surface area contributed by atoms with Crippen molar-refractivity contribution in [1.82, 2.24) is 20.0 Å². The number of nitrogens with zero attached hydrogens (tertiary/aromatic N) is 3. The molecule has 1 amide bonds. The number of carbonyl (C=O) groups is 1. The largest absolute Gasteiger partial charge is 0.381 e. The summed E-state index contributed by atoms with van der Waals surface area (Å²) >= 11 is 0. The third-order valence-corrected chi connectivity index (χ3v) is 4.56. The van der Waals surface area contributed by atoms with E-state index in [0.29, 0.717) is 5.56 Å². The number of aryl methyl sites for hydroxylation is 1. The van der Waals surface area contributed by atoms with E-state index >= 15 is 0 Å². The molecule has 0 bridgehead atoms. The lowest BCUT2D eigenvalue weighted by Crippen LogP contribution is -2.67. The molecule has 0 unspecified atom stereocenters. The fourth-order valence-corrected chi connectivity index (χ4v) is 3.11. The van der Waals surface area contributed by atoms with Gasteiger partial charge in [-0.25, -0.2) is 14.6 Å². The molecule has 1 saturated carbocycles. The summed E-state index contributed by atoms with van der Waals surface area (Å²) in [6, 6.07) is 1.48. The van der Waals surface area contributed by atoms with Crippen LogP contribution < -0.4 is 27.4 Å². The van der Waals surface area contributed by atoms with Crippen molar-refractivity contribution in [3.63, 3.8) is 0 Å². The highest BCUT2D eigenvalue weighted by atomic mass is 19.1. The molecule has 0 radical (unpaired) electrons. The van der Waals surface area contributed by atoms with Gasteiger partial charge in [0.2, 0.25) is 5.82 Å². The molecule has 2 aromatic heterocycles. The number of rotatable bonds is 2. The van der Waals surface area contributed by atoms with Crippen LogP contribution in [0.2, 0.25) is 0 Å². The van der Waals surface area contributed by atoms with Gasteiger partial charge in [-0.2, -0.15) is 4.39 Å². The van der Waals surface area contributed by atoms with Crippen molar-refractivity contribution in [3.05, 3.63) is 39.8 Å². The van der Waals surface area contributed by atoms with Crippen LogP contribution in [-0.4, -0.2) is 26.2 Å². The third-order valence-electron chi connectivity index (χ3n) is 4.56. The molecule has 25 heavy (non-hydrogen) atoms. The van der Waals surface area contributed by atoms with Crippen molar-refractivity contribution in [2.45, 2.75) is 31.8 Å². The minimum atomic E-state index is -0.844. The summed E-state index contributed by atoms with van der Waals surface area (Å²) in [5, 5.41) is 5.55. The lowest BCUT2D eigenvalue weighted by molar-refractivity contribution is 0.0789. The molecule has 4 rings (SSSR count). The molecule has 0 saturated heterocycles. The molecule has 3 heterocycles. The number of nitrogens with two attached hydrogens (primary N) is 1. The average Bonchev–Trinajstić information content (AvgIpc) is 2.54. The summed E-state index contributed by atoms with van der Waals surface area (Å²) in [7, 11) is 0. The number of fused-ring (bicyclic) bond motifs is 1. The summed E-state index contributed by atoms with van der Waals surface area (Å²) in [5.74, 6) is -1.68. The Morgan fingerprint density at radius 1 is 1.36 bits per heavy atom. The second kappa shape index (κ2) is 5.16. The maximum atomic E-state index is 14.0. The fraction of sp³-hybridized carbons (Fsp3) is 0.333. The van der Waals surface area contributed by atoms with Crippen LogP contribution in [0.15, 0.2) is 17.2 Å². The predicted molar refractivity (Wildman–Crippen MR) is 88.5 cm³/mol. The van der Waals surface area contributed by atoms with Crippen LogP contribution in [-0.2, 0) is 0 Å². The number of carbonyl (C=O) groups excluding carboxylic acids is 1. The molecule has 10 heteroatoms. The Kier molecular flexibility index (Phi) is 3.17. The van der Waals surface area contributed by atoms with Crippen molar-refractivity contribution in [3.8, 4) is 0 Å². The van der Waals surface area contributed by atoms with Gasteiger partial charge in [-0.15, -0.1) is 0 Å². The first kappa shape index (κ1) is 15.4. The number of nitrogen functional groups attached to an aromatic ring is 1. The van der Waals surface area contributed by atoms with Crippen molar-refractivity contribution in [1.29, 1.82) is 0 Å². The average molecular weight is 345 g/mol. The highest BCUT2D eigenvalue weighted by Gasteiger charge is 2.43. The Balaban J connectivity index is 1.80. The number of hydrogen-bond acceptors (Lipinski definition) is 7. The lowest BCUT2D eigenvalue weighted by Gasteiger charge is -2.47. The minimum absolute atomic E-state index is 0.0786. The molecular weight excluding hydrogens is 329 g/mol. The van der Waals surface area contributed by atoms with Crippen molar-refractivity contribution < 1.29 is 9.18 Å². The van der Waals surface area contributed by atoms with Gasteiger partial charge >= 0.3 is 0 Å². The van der Waals surface area contributed by atoms with Crippen molar-refractivity contribution >= 4 is 23.2 Å². The normalized spacial score (nSPS) is 17.3. The van der Waals surface area contributed by atoms with Gasteiger partial charge in [0.25, 0.3) is 11.5 Å². The molecule has 1 spiro atoms. The molecule has 1 fully saturated rings. The van der Waals surface area contributed by atoms with E-state index in [4.69, 9.17) is 5.73 Å². The van der Waals surface area contributed by atoms with E-state index in [1.807, 2.05) is 0 Å². The first-order valence-electron chi connectivity index (χ1n) is 7.80. The quantitative estimate of drug-likeness (QED) is 0.627. The summed E-state index contributed by atoms with van der Waals surface area (Å²) in [6.45, 7) is 1.70. The number of aromatic nitrogens is 3. The number of hydrogen-bond donors (Lipinski definition) is 4. The van der Waals surface area contributed by atoms with Crippen LogP contribution >= 0.6 is 0 Å². The third kappa shape index (κ3) is 2.29. The topological polar surface area (TPSA) is 127 Å². The van der Waals surface area contributed by atoms with E-state index < -0.39 is 17.0 Å². The molecule has 0 atom stereocenters. The van der Waals surface area contributed by atoms with E-state index in [1.54, 1.807) is 6.92 Å². The van der Waals surface area contributed by atoms with Crippen LogP contribution in [0, 0.1) is 12.7 Å². The van der Waals surface area contributed by atoms with Gasteiger partial charge in [0.15, 0.2) is 11.6 Å². The Labute approximate surface area is 141 Å². The number of amides is 1. The summed E-state index contributed by atoms with van der Waals surface area (Å²) in [5.41, 5.74) is 8.27. The Morgan fingerprint density at radius 2 is 2.12 bits per heavy atom. The Morgan fingerprint density at radius 3 is 2.80 bits per heavy atom. The second-order valence-electron chi connectivity index (χ2n) is 6.28. The van der Waals surface area contributed by atoms with Crippen LogP contribution in [0.1, 0.15) is 35.3 Å². The number of anilines is 3. The first-order chi connectivity index (χ1) is 11.9. The van der Waals surface area contributed by atoms with E-state index in [1.165, 1.54) is 10.7 Å². The van der Waals surface area contributed by atoms with Crippen molar-refractivity contribution in [2.24, 2.45) is 0 Å². The Bertz CT molecular complexity index is 952. The summed E-state index contributed by atoms with van der Waals surface area (Å²) in [6.07, 6.45) is 3.52. The van der Waals surface area contributed by atoms with Crippen LogP contribution in [0.3, 0.4) is 0 Å². The van der Waals surface area contributed by atoms with Crippen LogP contribution in [0.5, 0.6) is 0 Å². The van der Waals surface area contributed by atoms with E-state index in [-0.39, 0.29) is 28.9 Å². The number of nitrogens with one attached hydrogen (secondary N) is 3. The van der Waals surface area contributed by atoms with Gasteiger partial charge in [0.1, 0.15) is 23.4 Å². The monoisotopic (exact) mass is 345 g/mol. The highest BCUT2D eigenvalue weighted by molar-refractivity contribution is 5.96. The molecule has 9 nitrogen and oxygen atoms in total. The Hall–Kier alpha value is -3.17. The van der Waals surface area contributed by atoms with E-state index in [0.717, 1.165) is 25.6 Å². The second-order valence-corrected chi connectivity index (χ2v) is 6.28. The minimum Gasteiger partial charge on any atom is -0.381 e. The van der Waals surface area contributed by atoms with Gasteiger partial charge in [0, 0.05) is 0 Å². The molecule has 2 aromatic rings. The van der Waals surface area contributed by atoms with Gasteiger partial charge in [0.05, 0.1) is 0 Å². The molecule has 2 aliphatic rings. The smallest absolute Gasteiger partial charge is 0.293 e. The van der Waals surface area contributed by atoms with E-state index in [2.05, 4.69) is 26.0 Å². The molecule has 1 aliphatic heterocycles. The van der Waals surface area contributed by atoms with Crippen LogP contribution in [0.4, 0.5) is 21.7 Å². The van der Waals surface area contributed by atoms with Gasteiger partial charge in [-0.1, -0.05) is 0 Å². The number of pyridine rings is 1. The van der Waals surface area contributed by atoms with Gasteiger partial charge < -0.3 is 16.4 Å². The maximum Gasteiger partial charge on any atom is 0.293 e. The van der Waals surface area contributed by atoms with Gasteiger partial charge in [-0.3, -0.25) is 15.0 Å². The zero-order valence-corrected chi connectivity index (χ0v) is 13.4. The zero-order valence-electron chi connectivity index (χ0n) is 13.4. The van der Waals surface area contributed by atoms with Crippen molar-refractivity contribution in [2.75, 3.05) is 16.5 Å². The highest BCUT2D eigenvalue weighted by Crippen LogP contribution is 2.33. The zero-order chi connectivity index (χ0) is 17.8.